The number of ketones is 1. The SMILES string of the molecule is CCOC(=O)c1nn(CC(=O)c2ccc(Cl)cc2)c(C(=O)OCC)c1C(C)C. The van der Waals surface area contributed by atoms with E-state index in [4.69, 9.17) is 21.1 Å². The number of halogens is 1. The first-order chi connectivity index (χ1) is 13.3. The number of nitrogens with zero attached hydrogens (tertiary/aromatic N) is 2. The molecule has 2 aromatic rings. The third-order valence-corrected chi connectivity index (χ3v) is 4.22. The van der Waals surface area contributed by atoms with Gasteiger partial charge in [0.2, 0.25) is 0 Å². The summed E-state index contributed by atoms with van der Waals surface area (Å²) in [7, 11) is 0. The van der Waals surface area contributed by atoms with Gasteiger partial charge in [-0.2, -0.15) is 5.10 Å². The molecule has 0 aliphatic rings. The zero-order chi connectivity index (χ0) is 20.8. The fourth-order valence-corrected chi connectivity index (χ4v) is 2.89. The number of esters is 2. The second kappa shape index (κ2) is 9.50. The van der Waals surface area contributed by atoms with E-state index in [1.165, 1.54) is 4.68 Å². The fourth-order valence-electron chi connectivity index (χ4n) is 2.77. The van der Waals surface area contributed by atoms with Crippen molar-refractivity contribution in [2.24, 2.45) is 0 Å². The van der Waals surface area contributed by atoms with Crippen LogP contribution in [0.1, 0.15) is 70.5 Å². The first kappa shape index (κ1) is 21.6. The highest BCUT2D eigenvalue weighted by Gasteiger charge is 2.31. The molecule has 0 bridgehead atoms. The molecule has 0 radical (unpaired) electrons. The van der Waals surface area contributed by atoms with Gasteiger partial charge in [0.05, 0.1) is 13.2 Å². The normalized spacial score (nSPS) is 10.8. The second-order valence-electron chi connectivity index (χ2n) is 6.29. The Labute approximate surface area is 168 Å². The zero-order valence-electron chi connectivity index (χ0n) is 16.3. The Kier molecular flexibility index (Phi) is 7.34. The quantitative estimate of drug-likeness (QED) is 0.488. The zero-order valence-corrected chi connectivity index (χ0v) is 17.1. The molecule has 0 saturated heterocycles. The molecule has 0 amide bonds. The molecule has 0 spiro atoms. The van der Waals surface area contributed by atoms with Crippen molar-refractivity contribution in [3.8, 4) is 0 Å². The van der Waals surface area contributed by atoms with Gasteiger partial charge < -0.3 is 9.47 Å². The maximum Gasteiger partial charge on any atom is 0.359 e. The highest BCUT2D eigenvalue weighted by Crippen LogP contribution is 2.26. The van der Waals surface area contributed by atoms with Crippen molar-refractivity contribution in [1.29, 1.82) is 0 Å². The van der Waals surface area contributed by atoms with Gasteiger partial charge >= 0.3 is 11.9 Å². The third kappa shape index (κ3) is 4.78. The highest BCUT2D eigenvalue weighted by molar-refractivity contribution is 6.30. The number of carbonyl (C=O) groups excluding carboxylic acids is 3. The molecule has 0 saturated carbocycles. The average molecular weight is 407 g/mol. The van der Waals surface area contributed by atoms with Gasteiger partial charge in [0.25, 0.3) is 0 Å². The van der Waals surface area contributed by atoms with Crippen LogP contribution in [0.3, 0.4) is 0 Å². The van der Waals surface area contributed by atoms with Crippen LogP contribution in [0.4, 0.5) is 0 Å². The van der Waals surface area contributed by atoms with E-state index in [1.54, 1.807) is 38.1 Å². The minimum atomic E-state index is -0.644. The van der Waals surface area contributed by atoms with E-state index in [0.717, 1.165) is 0 Å². The summed E-state index contributed by atoms with van der Waals surface area (Å²) in [5.74, 6) is -1.78. The minimum Gasteiger partial charge on any atom is -0.461 e. The maximum absolute atomic E-state index is 12.7. The lowest BCUT2D eigenvalue weighted by Crippen LogP contribution is -2.19. The van der Waals surface area contributed by atoms with Gasteiger partial charge in [-0.1, -0.05) is 25.4 Å². The van der Waals surface area contributed by atoms with Crippen LogP contribution in [-0.4, -0.2) is 40.7 Å². The van der Waals surface area contributed by atoms with E-state index < -0.39 is 11.9 Å². The van der Waals surface area contributed by atoms with Gasteiger partial charge in [-0.25, -0.2) is 14.3 Å². The highest BCUT2D eigenvalue weighted by atomic mass is 35.5. The number of aromatic nitrogens is 2. The first-order valence-electron chi connectivity index (χ1n) is 9.03. The van der Waals surface area contributed by atoms with E-state index in [0.29, 0.717) is 16.1 Å². The van der Waals surface area contributed by atoms with Crippen LogP contribution in [0.15, 0.2) is 24.3 Å². The van der Waals surface area contributed by atoms with E-state index >= 15 is 0 Å². The number of benzene rings is 1. The van der Waals surface area contributed by atoms with Crippen molar-refractivity contribution in [3.63, 3.8) is 0 Å². The summed E-state index contributed by atoms with van der Waals surface area (Å²) < 4.78 is 11.4. The Bertz CT molecular complexity index is 871. The van der Waals surface area contributed by atoms with E-state index in [-0.39, 0.29) is 42.8 Å². The van der Waals surface area contributed by atoms with Crippen LogP contribution >= 0.6 is 11.6 Å². The van der Waals surface area contributed by atoms with Crippen LogP contribution in [0.5, 0.6) is 0 Å². The average Bonchev–Trinajstić information content (AvgIpc) is 3.02. The van der Waals surface area contributed by atoms with E-state index in [9.17, 15) is 14.4 Å². The topological polar surface area (TPSA) is 87.5 Å². The molecule has 0 N–H and O–H groups in total. The van der Waals surface area contributed by atoms with Gasteiger partial charge in [-0.15, -0.1) is 0 Å². The summed E-state index contributed by atoms with van der Waals surface area (Å²) in [4.78, 5) is 37.6. The van der Waals surface area contributed by atoms with Crippen LogP contribution in [0.2, 0.25) is 5.02 Å². The van der Waals surface area contributed by atoms with Gasteiger partial charge in [0.15, 0.2) is 17.2 Å². The summed E-state index contributed by atoms with van der Waals surface area (Å²) in [6, 6.07) is 6.39. The molecule has 0 aliphatic heterocycles. The number of Topliss-reactive ketones (excluding diaryl/α,β-unsaturated/α-hetero) is 1. The van der Waals surface area contributed by atoms with Gasteiger partial charge in [0, 0.05) is 16.1 Å². The molecule has 0 atom stereocenters. The third-order valence-electron chi connectivity index (χ3n) is 3.96. The van der Waals surface area contributed by atoms with Crippen LogP contribution in [0.25, 0.3) is 0 Å². The maximum atomic E-state index is 12.7. The molecule has 1 aromatic heterocycles. The predicted molar refractivity (Wildman–Crippen MR) is 104 cm³/mol. The summed E-state index contributed by atoms with van der Waals surface area (Å²) in [5, 5.41) is 4.74. The largest absolute Gasteiger partial charge is 0.461 e. The van der Waals surface area contributed by atoms with Gasteiger partial charge in [-0.3, -0.25) is 4.79 Å². The standard InChI is InChI=1S/C20H23ClN2O5/c1-5-27-19(25)17-16(12(3)4)18(20(26)28-6-2)23(22-17)11-15(24)13-7-9-14(21)10-8-13/h7-10,12H,5-6,11H2,1-4H3. The molecule has 0 unspecified atom stereocenters. The smallest absolute Gasteiger partial charge is 0.359 e. The van der Waals surface area contributed by atoms with Crippen molar-refractivity contribution in [1.82, 2.24) is 9.78 Å². The summed E-state index contributed by atoms with van der Waals surface area (Å²) in [6.07, 6.45) is 0. The van der Waals surface area contributed by atoms with Crippen LogP contribution in [-0.2, 0) is 16.0 Å². The molecule has 0 fully saturated rings. The summed E-state index contributed by atoms with van der Waals surface area (Å²) in [6.45, 7) is 7.11. The minimum absolute atomic E-state index is 0.0174. The van der Waals surface area contributed by atoms with Crippen LogP contribution < -0.4 is 0 Å². The van der Waals surface area contributed by atoms with E-state index in [2.05, 4.69) is 5.10 Å². The molecule has 0 aliphatic carbocycles. The molecule has 1 aromatic carbocycles. The van der Waals surface area contributed by atoms with Crippen molar-refractivity contribution in [2.75, 3.05) is 13.2 Å². The van der Waals surface area contributed by atoms with E-state index in [1.807, 2.05) is 13.8 Å². The summed E-state index contributed by atoms with van der Waals surface area (Å²) in [5.41, 5.74) is 0.922. The van der Waals surface area contributed by atoms with Gasteiger partial charge in [0.1, 0.15) is 6.54 Å². The lowest BCUT2D eigenvalue weighted by Gasteiger charge is -2.11. The molecule has 1 heterocycles. The predicted octanol–water partition coefficient (Wildman–Crippen LogP) is 3.90. The van der Waals surface area contributed by atoms with Crippen molar-refractivity contribution in [3.05, 3.63) is 51.8 Å². The Morgan fingerprint density at radius 2 is 1.61 bits per heavy atom. The molecular formula is C20H23ClN2O5. The number of ether oxygens (including phenoxy) is 2. The Morgan fingerprint density at radius 3 is 2.14 bits per heavy atom. The number of hydrogen-bond donors (Lipinski definition) is 0. The molecule has 8 heteroatoms. The molecule has 2 rings (SSSR count). The second-order valence-corrected chi connectivity index (χ2v) is 6.73. The van der Waals surface area contributed by atoms with Crippen molar-refractivity contribution >= 4 is 29.3 Å². The number of carbonyl (C=O) groups is 3. The lowest BCUT2D eigenvalue weighted by atomic mass is 10.00. The van der Waals surface area contributed by atoms with Crippen molar-refractivity contribution in [2.45, 2.75) is 40.2 Å². The number of rotatable bonds is 8. The van der Waals surface area contributed by atoms with Crippen LogP contribution in [0, 0.1) is 0 Å². The molecule has 7 nitrogen and oxygen atoms in total. The molecule has 150 valence electrons. The summed E-state index contributed by atoms with van der Waals surface area (Å²) >= 11 is 5.86. The monoisotopic (exact) mass is 406 g/mol. The molecular weight excluding hydrogens is 384 g/mol. The first-order valence-corrected chi connectivity index (χ1v) is 9.41. The van der Waals surface area contributed by atoms with Crippen molar-refractivity contribution < 1.29 is 23.9 Å². The number of hydrogen-bond acceptors (Lipinski definition) is 6. The van der Waals surface area contributed by atoms with Gasteiger partial charge in [-0.05, 0) is 44.0 Å². The Morgan fingerprint density at radius 1 is 1.04 bits per heavy atom. The Hall–Kier alpha value is -2.67. The lowest BCUT2D eigenvalue weighted by molar-refractivity contribution is 0.0505. The Balaban J connectivity index is 2.52. The molecule has 28 heavy (non-hydrogen) atoms. The fraction of sp³-hybridized carbons (Fsp3) is 0.400.